The van der Waals surface area contributed by atoms with E-state index in [1.807, 2.05) is 7.05 Å². The van der Waals surface area contributed by atoms with Crippen molar-refractivity contribution in [1.82, 2.24) is 5.32 Å². The minimum Gasteiger partial charge on any atom is -0.319 e. The quantitative estimate of drug-likeness (QED) is 0.602. The average molecular weight is 151 g/mol. The molecule has 0 bridgehead atoms. The van der Waals surface area contributed by atoms with Crippen LogP contribution in [0.25, 0.3) is 0 Å². The van der Waals surface area contributed by atoms with Crippen LogP contribution >= 0.6 is 0 Å². The second-order valence-electron chi connectivity index (χ2n) is 3.40. The third-order valence-electron chi connectivity index (χ3n) is 2.70. The van der Waals surface area contributed by atoms with Crippen molar-refractivity contribution in [3.05, 3.63) is 0 Å². The Morgan fingerprint density at radius 3 is 2.64 bits per heavy atom. The minimum atomic E-state index is 0.911. The molecule has 1 fully saturated rings. The lowest BCUT2D eigenvalue weighted by Gasteiger charge is -2.36. The Hall–Kier alpha value is -0.480. The topological polar surface area (TPSA) is 12.0 Å². The van der Waals surface area contributed by atoms with Gasteiger partial charge in [0.25, 0.3) is 0 Å². The molecule has 0 aromatic carbocycles. The summed E-state index contributed by atoms with van der Waals surface area (Å²) in [6.45, 7) is 1.18. The van der Waals surface area contributed by atoms with Crippen LogP contribution in [-0.4, -0.2) is 13.6 Å². The molecule has 0 aliphatic heterocycles. The molecule has 11 heavy (non-hydrogen) atoms. The molecule has 0 amide bonds. The van der Waals surface area contributed by atoms with Crippen molar-refractivity contribution in [2.24, 2.45) is 11.8 Å². The fraction of sp³-hybridized carbons (Fsp3) is 0.800. The van der Waals surface area contributed by atoms with Crippen molar-refractivity contribution in [1.29, 1.82) is 0 Å². The SMILES string of the molecule is C#CCCC1CCC1CNC. The Morgan fingerprint density at radius 2 is 2.18 bits per heavy atom. The van der Waals surface area contributed by atoms with Crippen molar-refractivity contribution >= 4 is 0 Å². The number of nitrogens with one attached hydrogen (secondary N) is 1. The van der Waals surface area contributed by atoms with Gasteiger partial charge in [0.1, 0.15) is 0 Å². The van der Waals surface area contributed by atoms with Crippen molar-refractivity contribution in [3.8, 4) is 12.3 Å². The van der Waals surface area contributed by atoms with Gasteiger partial charge in [0.05, 0.1) is 0 Å². The predicted octanol–water partition coefficient (Wildman–Crippen LogP) is 1.65. The third-order valence-corrected chi connectivity index (χ3v) is 2.70. The van der Waals surface area contributed by atoms with Gasteiger partial charge in [-0.15, -0.1) is 12.3 Å². The highest BCUT2D eigenvalue weighted by molar-refractivity contribution is 4.89. The van der Waals surface area contributed by atoms with Gasteiger partial charge < -0.3 is 5.32 Å². The molecular formula is C10H17N. The molecule has 1 saturated carbocycles. The van der Waals surface area contributed by atoms with Crippen LogP contribution in [-0.2, 0) is 0 Å². The summed E-state index contributed by atoms with van der Waals surface area (Å²) in [5.74, 6) is 4.53. The lowest BCUT2D eigenvalue weighted by atomic mass is 9.71. The monoisotopic (exact) mass is 151 g/mol. The zero-order valence-corrected chi connectivity index (χ0v) is 7.27. The van der Waals surface area contributed by atoms with Gasteiger partial charge in [-0.25, -0.2) is 0 Å². The van der Waals surface area contributed by atoms with Gasteiger partial charge in [0.2, 0.25) is 0 Å². The summed E-state index contributed by atoms with van der Waals surface area (Å²) >= 11 is 0. The van der Waals surface area contributed by atoms with Crippen molar-refractivity contribution in [3.63, 3.8) is 0 Å². The summed E-state index contributed by atoms with van der Waals surface area (Å²) in [6.07, 6.45) is 10.2. The summed E-state index contributed by atoms with van der Waals surface area (Å²) in [7, 11) is 2.02. The van der Waals surface area contributed by atoms with E-state index in [-0.39, 0.29) is 0 Å². The molecule has 62 valence electrons. The zero-order chi connectivity index (χ0) is 8.10. The fourth-order valence-electron chi connectivity index (χ4n) is 1.82. The summed E-state index contributed by atoms with van der Waals surface area (Å²) in [4.78, 5) is 0. The normalized spacial score (nSPS) is 29.1. The molecule has 2 atom stereocenters. The highest BCUT2D eigenvalue weighted by Gasteiger charge is 2.28. The van der Waals surface area contributed by atoms with E-state index in [1.54, 1.807) is 0 Å². The Labute approximate surface area is 69.6 Å². The Balaban J connectivity index is 2.11. The molecule has 1 aliphatic carbocycles. The Kier molecular flexibility index (Phi) is 3.45. The van der Waals surface area contributed by atoms with Crippen LogP contribution in [0.4, 0.5) is 0 Å². The summed E-state index contributed by atoms with van der Waals surface area (Å²) in [5, 5.41) is 3.22. The molecule has 0 saturated heterocycles. The smallest absolute Gasteiger partial charge is 0.00888 e. The van der Waals surface area contributed by atoms with Gasteiger partial charge >= 0.3 is 0 Å². The van der Waals surface area contributed by atoms with Crippen LogP contribution < -0.4 is 5.32 Å². The van der Waals surface area contributed by atoms with E-state index in [2.05, 4.69) is 11.2 Å². The van der Waals surface area contributed by atoms with Gasteiger partial charge in [-0.1, -0.05) is 0 Å². The molecule has 2 unspecified atom stereocenters. The van der Waals surface area contributed by atoms with Crippen LogP contribution in [0, 0.1) is 24.2 Å². The van der Waals surface area contributed by atoms with Gasteiger partial charge in [-0.05, 0) is 44.7 Å². The first kappa shape index (κ1) is 8.62. The molecule has 1 rings (SSSR count). The number of terminal acetylenes is 1. The molecule has 1 heteroatoms. The third kappa shape index (κ3) is 2.24. The molecule has 0 aromatic heterocycles. The number of hydrogen-bond donors (Lipinski definition) is 1. The predicted molar refractivity (Wildman–Crippen MR) is 48.2 cm³/mol. The van der Waals surface area contributed by atoms with Crippen molar-refractivity contribution in [2.75, 3.05) is 13.6 Å². The number of hydrogen-bond acceptors (Lipinski definition) is 1. The second-order valence-corrected chi connectivity index (χ2v) is 3.40. The molecule has 1 nitrogen and oxygen atoms in total. The molecule has 0 radical (unpaired) electrons. The van der Waals surface area contributed by atoms with Gasteiger partial charge in [0, 0.05) is 6.42 Å². The van der Waals surface area contributed by atoms with E-state index in [1.165, 1.54) is 25.8 Å². The zero-order valence-electron chi connectivity index (χ0n) is 7.27. The van der Waals surface area contributed by atoms with Crippen LogP contribution in [0.15, 0.2) is 0 Å². The van der Waals surface area contributed by atoms with Crippen LogP contribution in [0.3, 0.4) is 0 Å². The lowest BCUT2D eigenvalue weighted by molar-refractivity contribution is 0.165. The standard InChI is InChI=1S/C10H17N/c1-3-4-5-9-6-7-10(9)8-11-2/h1,9-11H,4-8H2,2H3. The fourth-order valence-corrected chi connectivity index (χ4v) is 1.82. The minimum absolute atomic E-state index is 0.911. The molecule has 0 heterocycles. The lowest BCUT2D eigenvalue weighted by Crippen LogP contribution is -2.33. The Morgan fingerprint density at radius 1 is 1.45 bits per heavy atom. The van der Waals surface area contributed by atoms with Gasteiger partial charge in [0.15, 0.2) is 0 Å². The van der Waals surface area contributed by atoms with Crippen molar-refractivity contribution < 1.29 is 0 Å². The van der Waals surface area contributed by atoms with Gasteiger partial charge in [-0.2, -0.15) is 0 Å². The van der Waals surface area contributed by atoms with Crippen LogP contribution in [0.1, 0.15) is 25.7 Å². The van der Waals surface area contributed by atoms with E-state index < -0.39 is 0 Å². The highest BCUT2D eigenvalue weighted by Crippen LogP contribution is 2.36. The van der Waals surface area contributed by atoms with E-state index in [0.29, 0.717) is 0 Å². The first-order chi connectivity index (χ1) is 5.38. The maximum Gasteiger partial charge on any atom is 0.00888 e. The van der Waals surface area contributed by atoms with Crippen molar-refractivity contribution in [2.45, 2.75) is 25.7 Å². The molecule has 1 N–H and O–H groups in total. The molecule has 0 aromatic rings. The van der Waals surface area contributed by atoms with E-state index in [4.69, 9.17) is 6.42 Å². The maximum absolute atomic E-state index is 5.21. The van der Waals surface area contributed by atoms with E-state index in [0.717, 1.165) is 18.3 Å². The number of rotatable bonds is 4. The first-order valence-electron chi connectivity index (χ1n) is 4.46. The largest absolute Gasteiger partial charge is 0.319 e. The van der Waals surface area contributed by atoms with Gasteiger partial charge in [-0.3, -0.25) is 0 Å². The highest BCUT2D eigenvalue weighted by atomic mass is 14.8. The second kappa shape index (κ2) is 4.41. The van der Waals surface area contributed by atoms with Crippen LogP contribution in [0.5, 0.6) is 0 Å². The van der Waals surface area contributed by atoms with Crippen LogP contribution in [0.2, 0.25) is 0 Å². The summed E-state index contributed by atoms with van der Waals surface area (Å²) < 4.78 is 0. The molecule has 0 spiro atoms. The molecular weight excluding hydrogens is 134 g/mol. The Bertz CT molecular complexity index is 145. The maximum atomic E-state index is 5.21. The summed E-state index contributed by atoms with van der Waals surface area (Å²) in [6, 6.07) is 0. The first-order valence-corrected chi connectivity index (χ1v) is 4.46. The summed E-state index contributed by atoms with van der Waals surface area (Å²) in [5.41, 5.74) is 0. The average Bonchev–Trinajstić information content (AvgIpc) is 1.99. The van der Waals surface area contributed by atoms with E-state index in [9.17, 15) is 0 Å². The molecule has 1 aliphatic rings. The van der Waals surface area contributed by atoms with E-state index >= 15 is 0 Å².